The van der Waals surface area contributed by atoms with E-state index in [4.69, 9.17) is 0 Å². The van der Waals surface area contributed by atoms with Gasteiger partial charge in [0.05, 0.1) is 30.3 Å². The normalized spacial score (nSPS) is 55.8. The zero-order chi connectivity index (χ0) is 25.1. The van der Waals surface area contributed by atoms with Gasteiger partial charge in [-0.25, -0.2) is 0 Å². The van der Waals surface area contributed by atoms with Crippen LogP contribution in [0.5, 0.6) is 0 Å². The minimum absolute atomic E-state index is 0.0120. The summed E-state index contributed by atoms with van der Waals surface area (Å²) in [7, 11) is 0. The van der Waals surface area contributed by atoms with Crippen molar-refractivity contribution in [2.75, 3.05) is 6.61 Å². The fraction of sp³-hybridized carbons (Fsp3) is 0.933. The molecule has 0 spiro atoms. The van der Waals surface area contributed by atoms with Crippen LogP contribution >= 0.6 is 0 Å². The van der Waals surface area contributed by atoms with Gasteiger partial charge < -0.3 is 20.4 Å². The van der Waals surface area contributed by atoms with Gasteiger partial charge in [0.2, 0.25) is 0 Å². The first-order valence-corrected chi connectivity index (χ1v) is 14.0. The lowest BCUT2D eigenvalue weighted by Gasteiger charge is -2.72. The molecule has 4 nitrogen and oxygen atoms in total. The Bertz CT molecular complexity index is 877. The first-order valence-electron chi connectivity index (χ1n) is 14.0. The Labute approximate surface area is 207 Å². The molecule has 0 unspecified atom stereocenters. The third-order valence-electron chi connectivity index (χ3n) is 13.1. The van der Waals surface area contributed by atoms with Gasteiger partial charge in [0.15, 0.2) is 0 Å². The molecule has 5 rings (SSSR count). The number of rotatable bonds is 1. The second-order valence-electron chi connectivity index (χ2n) is 15.3. The number of aliphatic hydroxyl groups is 4. The van der Waals surface area contributed by atoms with E-state index in [0.717, 1.165) is 38.5 Å². The minimum atomic E-state index is -0.845. The van der Waals surface area contributed by atoms with Crippen molar-refractivity contribution < 1.29 is 20.4 Å². The molecule has 0 bridgehead atoms. The minimum Gasteiger partial charge on any atom is -0.396 e. The molecule has 0 aliphatic heterocycles. The summed E-state index contributed by atoms with van der Waals surface area (Å²) in [6.07, 6.45) is 8.23. The molecule has 4 saturated carbocycles. The Balaban J connectivity index is 1.62. The SMILES string of the molecule is CC1(C)C[C@H](O)[C@]2(CO)[C@H](O)C[C@]3(C)C(=CC[C@@H]4[C@@]5(C)CC[C@H](O)C(C)(C)[C@@H]5CC[C@]43C)[C@@H]2C1. The third-order valence-corrected chi connectivity index (χ3v) is 13.1. The van der Waals surface area contributed by atoms with E-state index in [9.17, 15) is 20.4 Å². The summed E-state index contributed by atoms with van der Waals surface area (Å²) in [6.45, 7) is 16.2. The lowest BCUT2D eigenvalue weighted by atomic mass is 9.33. The van der Waals surface area contributed by atoms with Crippen LogP contribution in [0.4, 0.5) is 0 Å². The molecule has 0 radical (unpaired) electrons. The lowest BCUT2D eigenvalue weighted by Crippen LogP contribution is -2.69. The average molecular weight is 475 g/mol. The van der Waals surface area contributed by atoms with Crippen LogP contribution < -0.4 is 0 Å². The third kappa shape index (κ3) is 2.86. The molecule has 4 N–H and O–H groups in total. The van der Waals surface area contributed by atoms with Gasteiger partial charge in [-0.3, -0.25) is 0 Å². The van der Waals surface area contributed by atoms with Crippen LogP contribution in [0.1, 0.15) is 99.8 Å². The van der Waals surface area contributed by atoms with E-state index >= 15 is 0 Å². The number of fused-ring (bicyclic) bond motifs is 7. The Kier molecular flexibility index (Phi) is 5.44. The maximum Gasteiger partial charge on any atom is 0.0657 e. The Hall–Kier alpha value is -0.420. The number of allylic oxidation sites excluding steroid dienone is 2. The zero-order valence-electron chi connectivity index (χ0n) is 22.7. The topological polar surface area (TPSA) is 80.9 Å². The summed E-state index contributed by atoms with van der Waals surface area (Å²) in [6, 6.07) is 0. The van der Waals surface area contributed by atoms with E-state index in [-0.39, 0.29) is 45.7 Å². The van der Waals surface area contributed by atoms with Gasteiger partial charge in [0.25, 0.3) is 0 Å². The van der Waals surface area contributed by atoms with Crippen molar-refractivity contribution in [3.63, 3.8) is 0 Å². The Morgan fingerprint density at radius 1 is 0.794 bits per heavy atom. The average Bonchev–Trinajstić information content (AvgIpc) is 2.71. The zero-order valence-corrected chi connectivity index (χ0v) is 22.7. The van der Waals surface area contributed by atoms with Gasteiger partial charge in [-0.15, -0.1) is 0 Å². The van der Waals surface area contributed by atoms with Crippen LogP contribution in [0.3, 0.4) is 0 Å². The molecule has 0 amide bonds. The van der Waals surface area contributed by atoms with Crippen molar-refractivity contribution in [2.24, 2.45) is 50.2 Å². The van der Waals surface area contributed by atoms with Crippen molar-refractivity contribution >= 4 is 0 Å². The van der Waals surface area contributed by atoms with Crippen LogP contribution in [-0.2, 0) is 0 Å². The second-order valence-corrected chi connectivity index (χ2v) is 15.3. The smallest absolute Gasteiger partial charge is 0.0657 e. The Morgan fingerprint density at radius 3 is 2.09 bits per heavy atom. The number of hydrogen-bond donors (Lipinski definition) is 4. The highest BCUT2D eigenvalue weighted by Crippen LogP contribution is 2.75. The number of aliphatic hydroxyl groups excluding tert-OH is 4. The summed E-state index contributed by atoms with van der Waals surface area (Å²) in [4.78, 5) is 0. The summed E-state index contributed by atoms with van der Waals surface area (Å²) in [5, 5.41) is 44.6. The fourth-order valence-corrected chi connectivity index (χ4v) is 10.9. The van der Waals surface area contributed by atoms with E-state index < -0.39 is 17.6 Å². The van der Waals surface area contributed by atoms with Gasteiger partial charge in [0, 0.05) is 0 Å². The largest absolute Gasteiger partial charge is 0.396 e. The molecule has 5 aliphatic rings. The fourth-order valence-electron chi connectivity index (χ4n) is 10.9. The maximum atomic E-state index is 11.7. The van der Waals surface area contributed by atoms with E-state index in [2.05, 4.69) is 54.5 Å². The van der Waals surface area contributed by atoms with Crippen molar-refractivity contribution in [1.29, 1.82) is 0 Å². The molecule has 0 saturated heterocycles. The molecule has 5 aliphatic carbocycles. The molecule has 4 heteroatoms. The van der Waals surface area contributed by atoms with E-state index in [0.29, 0.717) is 24.7 Å². The van der Waals surface area contributed by atoms with Crippen LogP contribution in [0, 0.1) is 50.2 Å². The van der Waals surface area contributed by atoms with Gasteiger partial charge in [-0.2, -0.15) is 0 Å². The first-order chi connectivity index (χ1) is 15.6. The van der Waals surface area contributed by atoms with E-state index in [1.807, 2.05) is 0 Å². The lowest BCUT2D eigenvalue weighted by molar-refractivity contribution is -0.235. The van der Waals surface area contributed by atoms with Crippen molar-refractivity contribution in [2.45, 2.75) is 118 Å². The summed E-state index contributed by atoms with van der Waals surface area (Å²) in [5.74, 6) is 1.02. The van der Waals surface area contributed by atoms with E-state index in [1.165, 1.54) is 5.57 Å². The molecule has 34 heavy (non-hydrogen) atoms. The molecule has 10 atom stereocenters. The van der Waals surface area contributed by atoms with Crippen molar-refractivity contribution in [1.82, 2.24) is 0 Å². The molecule has 4 fully saturated rings. The van der Waals surface area contributed by atoms with Crippen molar-refractivity contribution in [3.05, 3.63) is 11.6 Å². The molecule has 0 aromatic rings. The molecular formula is C30H50O4. The summed E-state index contributed by atoms with van der Waals surface area (Å²) < 4.78 is 0. The Morgan fingerprint density at radius 2 is 1.44 bits per heavy atom. The van der Waals surface area contributed by atoms with E-state index in [1.54, 1.807) is 0 Å². The predicted octanol–water partition coefficient (Wildman–Crippen LogP) is 5.08. The monoisotopic (exact) mass is 474 g/mol. The molecule has 0 heterocycles. The van der Waals surface area contributed by atoms with Crippen LogP contribution in [0.25, 0.3) is 0 Å². The second kappa shape index (κ2) is 7.33. The van der Waals surface area contributed by atoms with Gasteiger partial charge in [-0.1, -0.05) is 60.1 Å². The van der Waals surface area contributed by atoms with Crippen LogP contribution in [0.15, 0.2) is 11.6 Å². The van der Waals surface area contributed by atoms with Gasteiger partial charge in [0.1, 0.15) is 0 Å². The number of hydrogen-bond acceptors (Lipinski definition) is 4. The predicted molar refractivity (Wildman–Crippen MR) is 135 cm³/mol. The highest BCUT2D eigenvalue weighted by Gasteiger charge is 2.70. The van der Waals surface area contributed by atoms with Gasteiger partial charge >= 0.3 is 0 Å². The van der Waals surface area contributed by atoms with Gasteiger partial charge in [-0.05, 0) is 96.2 Å². The molecule has 0 aromatic heterocycles. The van der Waals surface area contributed by atoms with Crippen LogP contribution in [0.2, 0.25) is 0 Å². The van der Waals surface area contributed by atoms with Crippen molar-refractivity contribution in [3.8, 4) is 0 Å². The highest BCUT2D eigenvalue weighted by molar-refractivity contribution is 5.35. The quantitative estimate of drug-likeness (QED) is 0.399. The molecule has 0 aromatic carbocycles. The summed E-state index contributed by atoms with van der Waals surface area (Å²) in [5.41, 5.74) is 0.539. The standard InChI is InChI=1S/C30H50O4/c1-25(2)14-19-18-8-9-21-27(5)12-11-22(32)26(3,4)20(27)10-13-28(21,6)29(18,7)16-24(34)30(19,17-31)23(33)15-25/h8,19-24,31-34H,9-17H2,1-7H3/t19-,20-,21+,22-,23-,24+,27-,28+,29+,30+/m0/s1. The molecular weight excluding hydrogens is 424 g/mol. The summed E-state index contributed by atoms with van der Waals surface area (Å²) >= 11 is 0. The first kappa shape index (κ1) is 25.2. The van der Waals surface area contributed by atoms with Crippen LogP contribution in [-0.4, -0.2) is 45.3 Å². The molecule has 194 valence electrons. The maximum absolute atomic E-state index is 11.7. The highest BCUT2D eigenvalue weighted by atomic mass is 16.3.